The van der Waals surface area contributed by atoms with Gasteiger partial charge in [0, 0.05) is 5.69 Å². The SMILES string of the molecule is N=C(N)c1cncn1-c1ccc(F)cc1. The van der Waals surface area contributed by atoms with Crippen molar-refractivity contribution in [2.24, 2.45) is 5.73 Å². The third kappa shape index (κ3) is 1.71. The van der Waals surface area contributed by atoms with E-state index in [0.717, 1.165) is 5.69 Å². The van der Waals surface area contributed by atoms with Gasteiger partial charge >= 0.3 is 0 Å². The van der Waals surface area contributed by atoms with Crippen LogP contribution in [0.4, 0.5) is 4.39 Å². The van der Waals surface area contributed by atoms with Crippen molar-refractivity contribution in [2.45, 2.75) is 0 Å². The molecule has 5 heteroatoms. The normalized spacial score (nSPS) is 10.2. The molecule has 15 heavy (non-hydrogen) atoms. The van der Waals surface area contributed by atoms with Gasteiger partial charge in [0.15, 0.2) is 0 Å². The lowest BCUT2D eigenvalue weighted by Gasteiger charge is -2.05. The van der Waals surface area contributed by atoms with Crippen molar-refractivity contribution >= 4 is 5.84 Å². The van der Waals surface area contributed by atoms with E-state index >= 15 is 0 Å². The molecule has 0 saturated carbocycles. The van der Waals surface area contributed by atoms with Crippen LogP contribution in [-0.4, -0.2) is 15.4 Å². The molecule has 0 saturated heterocycles. The van der Waals surface area contributed by atoms with Gasteiger partial charge in [-0.3, -0.25) is 9.98 Å². The van der Waals surface area contributed by atoms with E-state index in [1.807, 2.05) is 0 Å². The van der Waals surface area contributed by atoms with E-state index in [2.05, 4.69) is 4.98 Å². The van der Waals surface area contributed by atoms with Crippen LogP contribution in [0.25, 0.3) is 5.69 Å². The summed E-state index contributed by atoms with van der Waals surface area (Å²) in [5.41, 5.74) is 6.58. The third-order valence-corrected chi connectivity index (χ3v) is 2.02. The van der Waals surface area contributed by atoms with Crippen LogP contribution in [-0.2, 0) is 0 Å². The molecule has 0 radical (unpaired) electrons. The quantitative estimate of drug-likeness (QED) is 0.571. The molecule has 4 nitrogen and oxygen atoms in total. The highest BCUT2D eigenvalue weighted by molar-refractivity contribution is 5.93. The average molecular weight is 204 g/mol. The second-order valence-electron chi connectivity index (χ2n) is 3.04. The lowest BCUT2D eigenvalue weighted by Crippen LogP contribution is -2.15. The Balaban J connectivity index is 2.49. The number of aromatic nitrogens is 2. The Hall–Kier alpha value is -2.17. The first-order valence-corrected chi connectivity index (χ1v) is 4.31. The zero-order valence-electron chi connectivity index (χ0n) is 7.81. The molecule has 0 atom stereocenters. The number of nitrogens with two attached hydrogens (primary N) is 1. The number of hydrogen-bond acceptors (Lipinski definition) is 2. The van der Waals surface area contributed by atoms with Crippen LogP contribution < -0.4 is 5.73 Å². The summed E-state index contributed by atoms with van der Waals surface area (Å²) in [6.07, 6.45) is 3.02. The van der Waals surface area contributed by atoms with E-state index in [1.54, 1.807) is 16.7 Å². The Morgan fingerprint density at radius 3 is 2.60 bits per heavy atom. The molecule has 0 unspecified atom stereocenters. The molecule has 76 valence electrons. The number of rotatable bonds is 2. The van der Waals surface area contributed by atoms with Gasteiger partial charge in [-0.2, -0.15) is 0 Å². The number of hydrogen-bond donors (Lipinski definition) is 2. The molecular formula is C10H9FN4. The van der Waals surface area contributed by atoms with E-state index in [1.165, 1.54) is 24.7 Å². The number of imidazole rings is 1. The third-order valence-electron chi connectivity index (χ3n) is 2.02. The molecule has 1 heterocycles. The highest BCUT2D eigenvalue weighted by atomic mass is 19.1. The number of nitrogen functional groups attached to an aromatic ring is 1. The Kier molecular flexibility index (Phi) is 2.21. The van der Waals surface area contributed by atoms with Crippen LogP contribution >= 0.6 is 0 Å². The van der Waals surface area contributed by atoms with Gasteiger partial charge in [0.25, 0.3) is 0 Å². The molecule has 2 rings (SSSR count). The van der Waals surface area contributed by atoms with E-state index in [0.29, 0.717) is 5.69 Å². The summed E-state index contributed by atoms with van der Waals surface area (Å²) >= 11 is 0. The molecule has 0 amide bonds. The van der Waals surface area contributed by atoms with E-state index in [9.17, 15) is 4.39 Å². The van der Waals surface area contributed by atoms with Crippen molar-refractivity contribution in [1.82, 2.24) is 9.55 Å². The second kappa shape index (κ2) is 3.53. The topological polar surface area (TPSA) is 67.7 Å². The molecular weight excluding hydrogens is 195 g/mol. The number of amidine groups is 1. The molecule has 0 bridgehead atoms. The molecule has 0 spiro atoms. The Morgan fingerprint density at radius 2 is 2.00 bits per heavy atom. The van der Waals surface area contributed by atoms with Crippen LogP contribution in [0.3, 0.4) is 0 Å². The standard InChI is InChI=1S/C10H9FN4/c11-7-1-3-8(4-2-7)15-6-14-5-9(15)10(12)13/h1-6H,(H3,12,13). The molecule has 3 N–H and O–H groups in total. The fourth-order valence-corrected chi connectivity index (χ4v) is 1.30. The molecule has 0 aliphatic heterocycles. The number of nitrogens with one attached hydrogen (secondary N) is 1. The average Bonchev–Trinajstić information content (AvgIpc) is 2.67. The smallest absolute Gasteiger partial charge is 0.141 e. The monoisotopic (exact) mass is 204 g/mol. The number of benzene rings is 1. The van der Waals surface area contributed by atoms with Gasteiger partial charge in [-0.15, -0.1) is 0 Å². The van der Waals surface area contributed by atoms with Gasteiger partial charge in [-0.1, -0.05) is 0 Å². The first-order chi connectivity index (χ1) is 7.18. The molecule has 2 aromatic rings. The van der Waals surface area contributed by atoms with Crippen LogP contribution in [0.1, 0.15) is 5.69 Å². The van der Waals surface area contributed by atoms with Gasteiger partial charge in [-0.05, 0) is 24.3 Å². The van der Waals surface area contributed by atoms with Crippen LogP contribution in [0.5, 0.6) is 0 Å². The maximum absolute atomic E-state index is 12.7. The zero-order valence-corrected chi connectivity index (χ0v) is 7.81. The first kappa shape index (κ1) is 9.39. The van der Waals surface area contributed by atoms with E-state index in [-0.39, 0.29) is 11.7 Å². The Labute approximate surface area is 85.7 Å². The summed E-state index contributed by atoms with van der Waals surface area (Å²) in [6.45, 7) is 0. The van der Waals surface area contributed by atoms with Crippen LogP contribution in [0.15, 0.2) is 36.8 Å². The Bertz CT molecular complexity index is 486. The predicted octanol–water partition coefficient (Wildman–Crippen LogP) is 1.30. The van der Waals surface area contributed by atoms with Crippen LogP contribution in [0.2, 0.25) is 0 Å². The first-order valence-electron chi connectivity index (χ1n) is 4.31. The number of halogens is 1. The fraction of sp³-hybridized carbons (Fsp3) is 0. The van der Waals surface area contributed by atoms with Gasteiger partial charge < -0.3 is 5.73 Å². The summed E-state index contributed by atoms with van der Waals surface area (Å²) in [4.78, 5) is 3.89. The van der Waals surface area contributed by atoms with Crippen molar-refractivity contribution in [3.8, 4) is 5.69 Å². The lowest BCUT2D eigenvalue weighted by atomic mass is 10.3. The number of nitrogens with zero attached hydrogens (tertiary/aromatic N) is 2. The summed E-state index contributed by atoms with van der Waals surface area (Å²) in [5.74, 6) is -0.375. The van der Waals surface area contributed by atoms with Crippen molar-refractivity contribution < 1.29 is 4.39 Å². The van der Waals surface area contributed by atoms with Gasteiger partial charge in [0.2, 0.25) is 0 Å². The predicted molar refractivity (Wildman–Crippen MR) is 54.5 cm³/mol. The molecule has 0 fully saturated rings. The molecule has 1 aromatic heterocycles. The summed E-state index contributed by atoms with van der Waals surface area (Å²) in [6, 6.07) is 5.89. The van der Waals surface area contributed by atoms with Gasteiger partial charge in [0.05, 0.1) is 12.5 Å². The minimum absolute atomic E-state index is 0.0724. The second-order valence-corrected chi connectivity index (χ2v) is 3.04. The fourth-order valence-electron chi connectivity index (χ4n) is 1.30. The maximum atomic E-state index is 12.7. The molecule has 0 aliphatic rings. The van der Waals surface area contributed by atoms with E-state index < -0.39 is 0 Å². The van der Waals surface area contributed by atoms with E-state index in [4.69, 9.17) is 11.1 Å². The molecule has 0 aliphatic carbocycles. The molecule has 1 aromatic carbocycles. The summed E-state index contributed by atoms with van der Waals surface area (Å²) in [7, 11) is 0. The van der Waals surface area contributed by atoms with Crippen molar-refractivity contribution in [3.63, 3.8) is 0 Å². The minimum atomic E-state index is -0.303. The largest absolute Gasteiger partial charge is 0.382 e. The lowest BCUT2D eigenvalue weighted by molar-refractivity contribution is 0.627. The van der Waals surface area contributed by atoms with Gasteiger partial charge in [0.1, 0.15) is 17.3 Å². The van der Waals surface area contributed by atoms with Gasteiger partial charge in [-0.25, -0.2) is 9.37 Å². The zero-order chi connectivity index (χ0) is 10.8. The summed E-state index contributed by atoms with van der Waals surface area (Å²) in [5, 5.41) is 7.33. The highest BCUT2D eigenvalue weighted by Gasteiger charge is 2.06. The minimum Gasteiger partial charge on any atom is -0.382 e. The van der Waals surface area contributed by atoms with Crippen LogP contribution in [0, 0.1) is 11.2 Å². The van der Waals surface area contributed by atoms with Crippen molar-refractivity contribution in [3.05, 3.63) is 48.3 Å². The van der Waals surface area contributed by atoms with Crippen molar-refractivity contribution in [1.29, 1.82) is 5.41 Å². The van der Waals surface area contributed by atoms with Crippen molar-refractivity contribution in [2.75, 3.05) is 0 Å². The summed E-state index contributed by atoms with van der Waals surface area (Å²) < 4.78 is 14.3. The highest BCUT2D eigenvalue weighted by Crippen LogP contribution is 2.11. The maximum Gasteiger partial charge on any atom is 0.141 e. The Morgan fingerprint density at radius 1 is 1.33 bits per heavy atom.